The molecule has 23 heavy (non-hydrogen) atoms. The van der Waals surface area contributed by atoms with Gasteiger partial charge in [0.2, 0.25) is 10.0 Å². The summed E-state index contributed by atoms with van der Waals surface area (Å²) in [7, 11) is -0.539. The van der Waals surface area contributed by atoms with Crippen molar-refractivity contribution in [3.8, 4) is 0 Å². The fourth-order valence-corrected chi connectivity index (χ4v) is 2.68. The number of aromatic nitrogens is 1. The summed E-state index contributed by atoms with van der Waals surface area (Å²) in [6, 6.07) is 9.25. The van der Waals surface area contributed by atoms with Gasteiger partial charge in [0, 0.05) is 38.7 Å². The maximum Gasteiger partial charge on any atom is 0.319 e. The van der Waals surface area contributed by atoms with Gasteiger partial charge in [0.15, 0.2) is 0 Å². The number of amides is 2. The first kappa shape index (κ1) is 16.9. The van der Waals surface area contributed by atoms with E-state index in [1.807, 2.05) is 6.07 Å². The molecule has 0 unspecified atom stereocenters. The number of nitrogens with zero attached hydrogens (tertiary/aromatic N) is 2. The molecule has 1 aromatic carbocycles. The molecule has 0 aliphatic carbocycles. The van der Waals surface area contributed by atoms with Crippen LogP contribution in [0.4, 0.5) is 10.5 Å². The molecule has 1 aromatic heterocycles. The Kier molecular flexibility index (Phi) is 5.30. The minimum atomic E-state index is -3.47. The number of carbonyl (C=O) groups excluding carboxylic acids is 1. The SMILES string of the molecule is CN(C)S(=O)(=O)c1ccc(NC(=O)NCc2cccnc2)cc1. The van der Waals surface area contributed by atoms with Crippen LogP contribution in [0.15, 0.2) is 53.7 Å². The lowest BCUT2D eigenvalue weighted by Crippen LogP contribution is -2.28. The number of sulfonamides is 1. The van der Waals surface area contributed by atoms with Crippen LogP contribution in [-0.2, 0) is 16.6 Å². The van der Waals surface area contributed by atoms with Crippen LogP contribution in [-0.4, -0.2) is 37.8 Å². The molecule has 0 aliphatic heterocycles. The molecule has 2 rings (SSSR count). The Morgan fingerprint density at radius 2 is 1.87 bits per heavy atom. The van der Waals surface area contributed by atoms with Gasteiger partial charge in [-0.05, 0) is 35.9 Å². The van der Waals surface area contributed by atoms with Crippen LogP contribution in [0.25, 0.3) is 0 Å². The summed E-state index contributed by atoms with van der Waals surface area (Å²) < 4.78 is 25.0. The van der Waals surface area contributed by atoms with Crippen molar-refractivity contribution in [2.24, 2.45) is 0 Å². The third-order valence-electron chi connectivity index (χ3n) is 3.07. The van der Waals surface area contributed by atoms with Crippen molar-refractivity contribution in [1.82, 2.24) is 14.6 Å². The van der Waals surface area contributed by atoms with Gasteiger partial charge in [-0.25, -0.2) is 17.5 Å². The monoisotopic (exact) mass is 334 g/mol. The zero-order valence-corrected chi connectivity index (χ0v) is 13.7. The van der Waals surface area contributed by atoms with Gasteiger partial charge in [0.1, 0.15) is 0 Å². The molecule has 7 nitrogen and oxygen atoms in total. The first-order valence-electron chi connectivity index (χ1n) is 6.86. The van der Waals surface area contributed by atoms with Gasteiger partial charge in [0.25, 0.3) is 0 Å². The van der Waals surface area contributed by atoms with Crippen molar-refractivity contribution < 1.29 is 13.2 Å². The zero-order valence-electron chi connectivity index (χ0n) is 12.9. The topological polar surface area (TPSA) is 91.4 Å². The largest absolute Gasteiger partial charge is 0.334 e. The highest BCUT2D eigenvalue weighted by Gasteiger charge is 2.16. The standard InChI is InChI=1S/C15H18N4O3S/c1-19(2)23(21,22)14-7-5-13(6-8-14)18-15(20)17-11-12-4-3-9-16-10-12/h3-10H,11H2,1-2H3,(H2,17,18,20). The van der Waals surface area contributed by atoms with Crippen molar-refractivity contribution in [3.05, 3.63) is 54.4 Å². The van der Waals surface area contributed by atoms with E-state index >= 15 is 0 Å². The molecule has 0 fully saturated rings. The summed E-state index contributed by atoms with van der Waals surface area (Å²) in [4.78, 5) is 15.9. The molecule has 0 spiro atoms. The Bertz CT molecular complexity index is 759. The van der Waals surface area contributed by atoms with E-state index in [2.05, 4.69) is 15.6 Å². The Balaban J connectivity index is 1.94. The highest BCUT2D eigenvalue weighted by Crippen LogP contribution is 2.16. The molecule has 0 aliphatic rings. The van der Waals surface area contributed by atoms with E-state index in [4.69, 9.17) is 0 Å². The van der Waals surface area contributed by atoms with E-state index < -0.39 is 10.0 Å². The summed E-state index contributed by atoms with van der Waals surface area (Å²) in [5, 5.41) is 5.34. The second kappa shape index (κ2) is 7.21. The van der Waals surface area contributed by atoms with Crippen LogP contribution in [0.2, 0.25) is 0 Å². The van der Waals surface area contributed by atoms with E-state index in [1.165, 1.54) is 26.2 Å². The minimum absolute atomic E-state index is 0.170. The molecule has 8 heteroatoms. The van der Waals surface area contributed by atoms with Gasteiger partial charge in [-0.3, -0.25) is 4.98 Å². The van der Waals surface area contributed by atoms with Gasteiger partial charge in [-0.1, -0.05) is 6.07 Å². The van der Waals surface area contributed by atoms with Crippen LogP contribution in [0.1, 0.15) is 5.56 Å². The van der Waals surface area contributed by atoms with Gasteiger partial charge >= 0.3 is 6.03 Å². The molecule has 0 atom stereocenters. The van der Waals surface area contributed by atoms with E-state index in [-0.39, 0.29) is 10.9 Å². The number of pyridine rings is 1. The summed E-state index contributed by atoms with van der Waals surface area (Å²) >= 11 is 0. The lowest BCUT2D eigenvalue weighted by Gasteiger charge is -2.12. The Morgan fingerprint density at radius 1 is 1.17 bits per heavy atom. The summed E-state index contributed by atoms with van der Waals surface area (Å²) in [6.45, 7) is 0.354. The number of hydrogen-bond acceptors (Lipinski definition) is 4. The van der Waals surface area contributed by atoms with Crippen LogP contribution in [0.3, 0.4) is 0 Å². The van der Waals surface area contributed by atoms with Crippen LogP contribution in [0.5, 0.6) is 0 Å². The molecule has 2 N–H and O–H groups in total. The zero-order chi connectivity index (χ0) is 16.9. The molecule has 1 heterocycles. The highest BCUT2D eigenvalue weighted by atomic mass is 32.2. The van der Waals surface area contributed by atoms with Crippen molar-refractivity contribution >= 4 is 21.7 Å². The maximum atomic E-state index is 11.9. The normalized spacial score (nSPS) is 11.3. The molecule has 0 bridgehead atoms. The number of rotatable bonds is 5. The fourth-order valence-electron chi connectivity index (χ4n) is 1.78. The molecule has 2 aromatic rings. The van der Waals surface area contributed by atoms with Gasteiger partial charge in [-0.15, -0.1) is 0 Å². The lowest BCUT2D eigenvalue weighted by molar-refractivity contribution is 0.251. The van der Waals surface area contributed by atoms with Crippen molar-refractivity contribution in [2.75, 3.05) is 19.4 Å². The second-order valence-corrected chi connectivity index (χ2v) is 7.13. The molecule has 0 saturated carbocycles. The smallest absolute Gasteiger partial charge is 0.319 e. The number of anilines is 1. The molecular weight excluding hydrogens is 316 g/mol. The first-order chi connectivity index (χ1) is 10.9. The molecule has 122 valence electrons. The predicted molar refractivity (Wildman–Crippen MR) is 87.4 cm³/mol. The molecular formula is C15H18N4O3S. The maximum absolute atomic E-state index is 11.9. The van der Waals surface area contributed by atoms with Gasteiger partial charge < -0.3 is 10.6 Å². The molecule has 0 radical (unpaired) electrons. The average Bonchev–Trinajstić information content (AvgIpc) is 2.54. The lowest BCUT2D eigenvalue weighted by atomic mass is 10.3. The van der Waals surface area contributed by atoms with Crippen LogP contribution in [0, 0.1) is 0 Å². The van der Waals surface area contributed by atoms with E-state index in [0.29, 0.717) is 12.2 Å². The Hall–Kier alpha value is -2.45. The number of hydrogen-bond donors (Lipinski definition) is 2. The third-order valence-corrected chi connectivity index (χ3v) is 4.90. The van der Waals surface area contributed by atoms with Crippen LogP contribution < -0.4 is 10.6 Å². The minimum Gasteiger partial charge on any atom is -0.334 e. The molecule has 0 saturated heterocycles. The van der Waals surface area contributed by atoms with E-state index in [0.717, 1.165) is 9.87 Å². The van der Waals surface area contributed by atoms with Crippen molar-refractivity contribution in [2.45, 2.75) is 11.4 Å². The third kappa shape index (κ3) is 4.51. The Morgan fingerprint density at radius 3 is 2.43 bits per heavy atom. The second-order valence-electron chi connectivity index (χ2n) is 4.98. The molecule has 2 amide bonds. The van der Waals surface area contributed by atoms with Crippen molar-refractivity contribution in [1.29, 1.82) is 0 Å². The van der Waals surface area contributed by atoms with Crippen molar-refractivity contribution in [3.63, 3.8) is 0 Å². The summed E-state index contributed by atoms with van der Waals surface area (Å²) in [5.74, 6) is 0. The summed E-state index contributed by atoms with van der Waals surface area (Å²) in [5.41, 5.74) is 1.39. The van der Waals surface area contributed by atoms with Gasteiger partial charge in [0.05, 0.1) is 4.90 Å². The number of nitrogens with one attached hydrogen (secondary N) is 2. The summed E-state index contributed by atoms with van der Waals surface area (Å²) in [6.07, 6.45) is 3.33. The number of urea groups is 1. The van der Waals surface area contributed by atoms with E-state index in [1.54, 1.807) is 30.6 Å². The highest BCUT2D eigenvalue weighted by molar-refractivity contribution is 7.89. The van der Waals surface area contributed by atoms with Gasteiger partial charge in [-0.2, -0.15) is 0 Å². The first-order valence-corrected chi connectivity index (χ1v) is 8.30. The average molecular weight is 334 g/mol. The predicted octanol–water partition coefficient (Wildman–Crippen LogP) is 1.65. The van der Waals surface area contributed by atoms with Crippen LogP contribution >= 0.6 is 0 Å². The quantitative estimate of drug-likeness (QED) is 0.870. The fraction of sp³-hybridized carbons (Fsp3) is 0.200. The Labute approximate surface area is 135 Å². The number of benzene rings is 1. The number of carbonyl (C=O) groups is 1. The van der Waals surface area contributed by atoms with E-state index in [9.17, 15) is 13.2 Å².